The zero-order valence-electron chi connectivity index (χ0n) is 27.5. The summed E-state index contributed by atoms with van der Waals surface area (Å²) in [6.07, 6.45) is 5.54. The van der Waals surface area contributed by atoms with E-state index in [2.05, 4.69) is 17.4 Å². The topological polar surface area (TPSA) is 71.0 Å². The van der Waals surface area contributed by atoms with Gasteiger partial charge in [-0.2, -0.15) is 0 Å². The lowest BCUT2D eigenvalue weighted by Crippen LogP contribution is -2.16. The summed E-state index contributed by atoms with van der Waals surface area (Å²) in [6, 6.07) is 19.0. The minimum atomic E-state index is -0.337. The molecule has 7 heteroatoms. The molecule has 0 aliphatic rings. The quantitative estimate of drug-likeness (QED) is 0.102. The largest absolute Gasteiger partial charge is 0.496 e. The number of benzene rings is 4. The van der Waals surface area contributed by atoms with Gasteiger partial charge in [0.1, 0.15) is 23.1 Å². The maximum absolute atomic E-state index is 15.5. The number of ether oxygens (including phenoxy) is 2. The fraction of sp³-hybridized carbons (Fsp3) is 0.385. The fourth-order valence-electron chi connectivity index (χ4n) is 6.13. The number of methoxy groups -OCH3 is 2. The smallest absolute Gasteiger partial charge is 0.132 e. The molecule has 4 aromatic rings. The molecular formula is C39H47F2NO4. The van der Waals surface area contributed by atoms with Crippen LogP contribution in [0.4, 0.5) is 8.78 Å². The molecule has 0 radical (unpaired) electrons. The van der Waals surface area contributed by atoms with Crippen LogP contribution in [0.2, 0.25) is 0 Å². The van der Waals surface area contributed by atoms with Gasteiger partial charge in [-0.1, -0.05) is 49.2 Å². The molecule has 0 aliphatic carbocycles. The number of aliphatic hydroxyl groups is 2. The minimum absolute atomic E-state index is 0.143. The monoisotopic (exact) mass is 631 g/mol. The Hall–Kier alpha value is -3.78. The Kier molecular flexibility index (Phi) is 13.1. The van der Waals surface area contributed by atoms with Crippen molar-refractivity contribution in [1.82, 2.24) is 5.32 Å². The Bertz CT molecular complexity index is 1480. The lowest BCUT2D eigenvalue weighted by molar-refractivity contribution is 0.282. The lowest BCUT2D eigenvalue weighted by Gasteiger charge is -2.19. The highest BCUT2D eigenvalue weighted by Gasteiger charge is 2.18. The molecule has 4 aromatic carbocycles. The first kappa shape index (κ1) is 35.1. The van der Waals surface area contributed by atoms with E-state index < -0.39 is 0 Å². The molecule has 0 unspecified atom stereocenters. The maximum Gasteiger partial charge on any atom is 0.132 e. The number of hydrogen-bond acceptors (Lipinski definition) is 5. The van der Waals surface area contributed by atoms with Crippen molar-refractivity contribution < 1.29 is 28.5 Å². The second-order valence-corrected chi connectivity index (χ2v) is 11.7. The van der Waals surface area contributed by atoms with Gasteiger partial charge in [-0.3, -0.25) is 0 Å². The van der Waals surface area contributed by atoms with Gasteiger partial charge in [0.25, 0.3) is 0 Å². The van der Waals surface area contributed by atoms with Crippen LogP contribution in [0, 0.1) is 25.5 Å². The number of unbranched alkanes of at least 4 members (excludes halogenated alkanes) is 4. The van der Waals surface area contributed by atoms with E-state index in [1.807, 2.05) is 50.2 Å². The van der Waals surface area contributed by atoms with Gasteiger partial charge in [0.15, 0.2) is 0 Å². The van der Waals surface area contributed by atoms with Gasteiger partial charge in [-0.15, -0.1) is 0 Å². The van der Waals surface area contributed by atoms with Crippen molar-refractivity contribution in [2.24, 2.45) is 0 Å². The lowest BCUT2D eigenvalue weighted by atomic mass is 9.87. The third-order valence-corrected chi connectivity index (χ3v) is 8.73. The van der Waals surface area contributed by atoms with Gasteiger partial charge in [0.05, 0.1) is 14.2 Å². The minimum Gasteiger partial charge on any atom is -0.496 e. The Balaban J connectivity index is 1.65. The van der Waals surface area contributed by atoms with Gasteiger partial charge in [0.2, 0.25) is 0 Å². The van der Waals surface area contributed by atoms with Crippen molar-refractivity contribution in [2.75, 3.05) is 34.0 Å². The van der Waals surface area contributed by atoms with E-state index in [9.17, 15) is 0 Å². The average Bonchev–Trinajstić information content (AvgIpc) is 3.05. The van der Waals surface area contributed by atoms with E-state index >= 15 is 8.78 Å². The van der Waals surface area contributed by atoms with Crippen LogP contribution in [0.3, 0.4) is 0 Å². The molecular weight excluding hydrogens is 584 g/mol. The summed E-state index contributed by atoms with van der Waals surface area (Å²) in [5, 5.41) is 21.2. The van der Waals surface area contributed by atoms with Gasteiger partial charge >= 0.3 is 0 Å². The number of halogens is 2. The molecule has 246 valence electrons. The summed E-state index contributed by atoms with van der Waals surface area (Å²) in [4.78, 5) is 0. The molecule has 3 N–H and O–H groups in total. The second kappa shape index (κ2) is 17.2. The van der Waals surface area contributed by atoms with Crippen molar-refractivity contribution in [3.63, 3.8) is 0 Å². The summed E-state index contributed by atoms with van der Waals surface area (Å²) < 4.78 is 42.2. The third-order valence-electron chi connectivity index (χ3n) is 8.73. The van der Waals surface area contributed by atoms with E-state index in [1.54, 1.807) is 26.4 Å². The molecule has 0 spiro atoms. The highest BCUT2D eigenvalue weighted by atomic mass is 19.1. The zero-order valence-corrected chi connectivity index (χ0v) is 27.5. The van der Waals surface area contributed by atoms with Gasteiger partial charge in [-0.05, 0) is 121 Å². The van der Waals surface area contributed by atoms with E-state index in [-0.39, 0.29) is 24.8 Å². The first-order valence-electron chi connectivity index (χ1n) is 16.2. The van der Waals surface area contributed by atoms with Crippen LogP contribution in [0.25, 0.3) is 33.4 Å². The summed E-state index contributed by atoms with van der Waals surface area (Å²) in [6.45, 7) is 5.42. The van der Waals surface area contributed by atoms with Crippen LogP contribution < -0.4 is 14.8 Å². The van der Waals surface area contributed by atoms with Crippen LogP contribution in [-0.4, -0.2) is 44.2 Å². The molecule has 0 saturated heterocycles. The molecule has 0 atom stereocenters. The van der Waals surface area contributed by atoms with Crippen LogP contribution >= 0.6 is 0 Å². The first-order valence-corrected chi connectivity index (χ1v) is 16.2. The van der Waals surface area contributed by atoms with Gasteiger partial charge in [-0.25, -0.2) is 8.78 Å². The molecule has 0 heterocycles. The van der Waals surface area contributed by atoms with Gasteiger partial charge in [0, 0.05) is 30.9 Å². The molecule has 5 nitrogen and oxygen atoms in total. The molecule has 4 rings (SSSR count). The van der Waals surface area contributed by atoms with Crippen molar-refractivity contribution in [3.8, 4) is 44.9 Å². The van der Waals surface area contributed by atoms with Crippen molar-refractivity contribution in [2.45, 2.75) is 65.3 Å². The van der Waals surface area contributed by atoms with E-state index in [4.69, 9.17) is 19.7 Å². The van der Waals surface area contributed by atoms with Crippen molar-refractivity contribution >= 4 is 0 Å². The number of rotatable bonds is 17. The number of nitrogens with one attached hydrogen (secondary N) is 1. The number of aliphatic hydroxyl groups excluding tert-OH is 2. The SMILES string of the molecule is COc1cc(-c2cccc(-c3cccc(-c4cc(F)c(CNCCCCO)c(OC)c4)c3C)c2C)cc(F)c1CCCCCCO. The zero-order chi connectivity index (χ0) is 33.1. The van der Waals surface area contributed by atoms with Crippen LogP contribution in [0.5, 0.6) is 11.5 Å². The Labute approximate surface area is 272 Å². The average molecular weight is 632 g/mol. The number of hydrogen-bond donors (Lipinski definition) is 3. The van der Waals surface area contributed by atoms with E-state index in [0.29, 0.717) is 48.6 Å². The summed E-state index contributed by atoms with van der Waals surface area (Å²) in [5.74, 6) is 0.410. The Morgan fingerprint density at radius 1 is 0.609 bits per heavy atom. The molecule has 0 bridgehead atoms. The first-order chi connectivity index (χ1) is 22.3. The molecule has 0 saturated carbocycles. The summed E-state index contributed by atoms with van der Waals surface area (Å²) in [5.41, 5.74) is 8.38. The van der Waals surface area contributed by atoms with Crippen LogP contribution in [-0.2, 0) is 13.0 Å². The predicted octanol–water partition coefficient (Wildman–Crippen LogP) is 8.56. The molecule has 0 aliphatic heterocycles. The van der Waals surface area contributed by atoms with Crippen molar-refractivity contribution in [1.29, 1.82) is 0 Å². The molecule has 0 aromatic heterocycles. The molecule has 46 heavy (non-hydrogen) atoms. The maximum atomic E-state index is 15.5. The fourth-order valence-corrected chi connectivity index (χ4v) is 6.13. The van der Waals surface area contributed by atoms with Crippen LogP contribution in [0.15, 0.2) is 60.7 Å². The normalized spacial score (nSPS) is 11.2. The van der Waals surface area contributed by atoms with E-state index in [0.717, 1.165) is 76.6 Å². The molecule has 0 fully saturated rings. The highest BCUT2D eigenvalue weighted by Crippen LogP contribution is 2.40. The summed E-state index contributed by atoms with van der Waals surface area (Å²) >= 11 is 0. The third kappa shape index (κ3) is 8.32. The Morgan fingerprint density at radius 3 is 1.63 bits per heavy atom. The van der Waals surface area contributed by atoms with Crippen molar-refractivity contribution in [3.05, 3.63) is 94.6 Å². The van der Waals surface area contributed by atoms with Crippen LogP contribution in [0.1, 0.15) is 60.8 Å². The summed E-state index contributed by atoms with van der Waals surface area (Å²) in [7, 11) is 3.13. The molecule has 0 amide bonds. The highest BCUT2D eigenvalue weighted by molar-refractivity contribution is 5.84. The standard InChI is InChI=1S/C39H47F2NO4/c1-26-30(28-21-36(40)34(38(23-28)45-3)13-7-5-6-9-19-43)14-11-16-32(26)33-17-12-15-31(27(33)2)29-22-37(41)35(39(24-29)46-4)25-42-18-8-10-20-44/h11-12,14-17,21-24,42-44H,5-10,13,18-20,25H2,1-4H3. The second-order valence-electron chi connectivity index (χ2n) is 11.7. The van der Waals surface area contributed by atoms with Gasteiger partial charge < -0.3 is 25.0 Å². The Morgan fingerprint density at radius 2 is 1.09 bits per heavy atom. The van der Waals surface area contributed by atoms with E-state index in [1.165, 1.54) is 0 Å². The predicted molar refractivity (Wildman–Crippen MR) is 183 cm³/mol.